The van der Waals surface area contributed by atoms with Gasteiger partial charge in [-0.3, -0.25) is 14.3 Å². The number of nitrogens with zero attached hydrogens (tertiary/aromatic N) is 3. The fourth-order valence-electron chi connectivity index (χ4n) is 3.77. The van der Waals surface area contributed by atoms with Gasteiger partial charge >= 0.3 is 0 Å². The van der Waals surface area contributed by atoms with Crippen LogP contribution in [0.2, 0.25) is 0 Å². The highest BCUT2D eigenvalue weighted by Crippen LogP contribution is 2.40. The van der Waals surface area contributed by atoms with Crippen LogP contribution in [-0.4, -0.2) is 26.6 Å². The zero-order valence-electron chi connectivity index (χ0n) is 17.2. The molecule has 0 unspecified atom stereocenters. The smallest absolute Gasteiger partial charge is 0.284 e. The maximum absolute atomic E-state index is 13.2. The molecule has 31 heavy (non-hydrogen) atoms. The van der Waals surface area contributed by atoms with Crippen molar-refractivity contribution in [3.63, 3.8) is 0 Å². The Labute approximate surface area is 178 Å². The molecule has 0 bridgehead atoms. The highest BCUT2D eigenvalue weighted by atomic mass is 16.3. The van der Waals surface area contributed by atoms with Crippen molar-refractivity contribution in [2.75, 3.05) is 5.32 Å². The number of rotatable bonds is 5. The largest absolute Gasteiger partial charge is 0.451 e. The topological polar surface area (TPSA) is 116 Å². The highest BCUT2D eigenvalue weighted by Gasteiger charge is 2.28. The summed E-state index contributed by atoms with van der Waals surface area (Å²) in [5.41, 5.74) is 9.68. The van der Waals surface area contributed by atoms with Crippen LogP contribution < -0.4 is 11.1 Å². The predicted octanol–water partition coefficient (Wildman–Crippen LogP) is 3.77. The molecular formula is C23H21N5O3. The molecule has 2 amide bonds. The number of aryl methyl sites for hydroxylation is 2. The first kappa shape index (κ1) is 19.0. The van der Waals surface area contributed by atoms with E-state index in [4.69, 9.17) is 15.1 Å². The van der Waals surface area contributed by atoms with Crippen LogP contribution in [0.25, 0.3) is 22.4 Å². The van der Waals surface area contributed by atoms with Gasteiger partial charge in [0.05, 0.1) is 16.6 Å². The second-order valence-electron chi connectivity index (χ2n) is 7.84. The first-order valence-electron chi connectivity index (χ1n) is 10.1. The lowest BCUT2D eigenvalue weighted by Crippen LogP contribution is -2.13. The van der Waals surface area contributed by atoms with Gasteiger partial charge in [-0.15, -0.1) is 0 Å². The summed E-state index contributed by atoms with van der Waals surface area (Å²) in [7, 11) is 1.84. The van der Waals surface area contributed by atoms with Crippen molar-refractivity contribution >= 4 is 28.5 Å². The van der Waals surface area contributed by atoms with Crippen LogP contribution >= 0.6 is 0 Å². The Kier molecular flexibility index (Phi) is 4.35. The van der Waals surface area contributed by atoms with E-state index in [0.29, 0.717) is 22.9 Å². The van der Waals surface area contributed by atoms with Gasteiger partial charge in [0.2, 0.25) is 0 Å². The van der Waals surface area contributed by atoms with Gasteiger partial charge in [-0.05, 0) is 62.2 Å². The number of amides is 2. The van der Waals surface area contributed by atoms with Crippen molar-refractivity contribution in [2.45, 2.75) is 25.7 Å². The van der Waals surface area contributed by atoms with Crippen LogP contribution in [0.4, 0.5) is 5.69 Å². The summed E-state index contributed by atoms with van der Waals surface area (Å²) in [4.78, 5) is 29.1. The van der Waals surface area contributed by atoms with E-state index < -0.39 is 5.91 Å². The van der Waals surface area contributed by atoms with E-state index in [1.807, 2.05) is 32.2 Å². The number of hydrogen-bond acceptors (Lipinski definition) is 5. The molecule has 1 aliphatic carbocycles. The second-order valence-corrected chi connectivity index (χ2v) is 7.84. The molecule has 3 heterocycles. The lowest BCUT2D eigenvalue weighted by Gasteiger charge is -2.09. The molecule has 8 heteroatoms. The van der Waals surface area contributed by atoms with Crippen LogP contribution in [0.1, 0.15) is 51.1 Å². The Hall–Kier alpha value is -3.94. The van der Waals surface area contributed by atoms with Gasteiger partial charge in [-0.2, -0.15) is 5.10 Å². The van der Waals surface area contributed by atoms with Gasteiger partial charge < -0.3 is 15.5 Å². The third kappa shape index (κ3) is 3.46. The van der Waals surface area contributed by atoms with Gasteiger partial charge in [-0.25, -0.2) is 4.98 Å². The van der Waals surface area contributed by atoms with Crippen LogP contribution in [0.3, 0.4) is 0 Å². The van der Waals surface area contributed by atoms with E-state index in [2.05, 4.69) is 10.4 Å². The van der Waals surface area contributed by atoms with E-state index >= 15 is 0 Å². The van der Waals surface area contributed by atoms with Crippen molar-refractivity contribution in [3.8, 4) is 11.3 Å². The number of nitrogens with two attached hydrogens (primary N) is 1. The summed E-state index contributed by atoms with van der Waals surface area (Å²) >= 11 is 0. The Balaban J connectivity index is 1.43. The average molecular weight is 415 g/mol. The number of pyridine rings is 1. The highest BCUT2D eigenvalue weighted by molar-refractivity contribution is 6.12. The fraction of sp³-hybridized carbons (Fsp3) is 0.217. The molecule has 0 spiro atoms. The molecule has 8 nitrogen and oxygen atoms in total. The number of benzene rings is 1. The van der Waals surface area contributed by atoms with Crippen LogP contribution in [0.15, 0.2) is 46.9 Å². The molecule has 1 fully saturated rings. The van der Waals surface area contributed by atoms with E-state index in [1.165, 1.54) is 6.07 Å². The molecule has 5 rings (SSSR count). The zero-order valence-corrected chi connectivity index (χ0v) is 17.2. The average Bonchev–Trinajstić information content (AvgIpc) is 3.41. The van der Waals surface area contributed by atoms with Gasteiger partial charge in [0, 0.05) is 29.9 Å². The summed E-state index contributed by atoms with van der Waals surface area (Å²) in [5.74, 6) is 0.237. The first-order chi connectivity index (χ1) is 14.9. The Morgan fingerprint density at radius 1 is 1.16 bits per heavy atom. The molecule has 0 saturated heterocycles. The van der Waals surface area contributed by atoms with Crippen LogP contribution in [0, 0.1) is 6.92 Å². The van der Waals surface area contributed by atoms with Gasteiger partial charge in [0.1, 0.15) is 5.76 Å². The standard InChI is InChI=1S/C23H21N5O3/c1-12-20-16(11-17(13-3-4-13)26-22(20)28(2)27-12)23(30)25-15-7-5-14(6-8-15)18-9-10-19(31-18)21(24)29/h5-11,13H,3-4H2,1-2H3,(H2,24,29)(H,25,30). The van der Waals surface area contributed by atoms with E-state index in [0.717, 1.165) is 40.8 Å². The number of primary amides is 1. The van der Waals surface area contributed by atoms with Crippen molar-refractivity contribution in [2.24, 2.45) is 12.8 Å². The number of anilines is 1. The second kappa shape index (κ2) is 7.09. The molecule has 0 aliphatic heterocycles. The van der Waals surface area contributed by atoms with Crippen LogP contribution in [0.5, 0.6) is 0 Å². The summed E-state index contributed by atoms with van der Waals surface area (Å²) in [6.45, 7) is 1.89. The molecule has 4 aromatic rings. The Bertz CT molecular complexity index is 1330. The molecule has 3 aromatic heterocycles. The minimum atomic E-state index is -0.616. The number of aromatic nitrogens is 3. The van der Waals surface area contributed by atoms with Gasteiger partial charge in [-0.1, -0.05) is 0 Å². The minimum absolute atomic E-state index is 0.104. The summed E-state index contributed by atoms with van der Waals surface area (Å²) in [5, 5.41) is 8.19. The lowest BCUT2D eigenvalue weighted by molar-refractivity contribution is 0.0973. The molecule has 1 saturated carbocycles. The zero-order chi connectivity index (χ0) is 21.7. The number of fused-ring (bicyclic) bond motifs is 1. The quantitative estimate of drug-likeness (QED) is 0.515. The molecule has 1 aromatic carbocycles. The molecule has 0 atom stereocenters. The van der Waals surface area contributed by atoms with Crippen LogP contribution in [-0.2, 0) is 7.05 Å². The number of carbonyl (C=O) groups is 2. The SMILES string of the molecule is Cc1nn(C)c2nc(C3CC3)cc(C(=O)Nc3ccc(-c4ccc(C(N)=O)o4)cc3)c12. The maximum Gasteiger partial charge on any atom is 0.284 e. The Morgan fingerprint density at radius 2 is 1.90 bits per heavy atom. The first-order valence-corrected chi connectivity index (χ1v) is 10.1. The summed E-state index contributed by atoms with van der Waals surface area (Å²) < 4.78 is 7.18. The van der Waals surface area contributed by atoms with E-state index in [1.54, 1.807) is 22.9 Å². The third-order valence-electron chi connectivity index (χ3n) is 5.50. The lowest BCUT2D eigenvalue weighted by atomic mass is 10.1. The fourth-order valence-corrected chi connectivity index (χ4v) is 3.77. The van der Waals surface area contributed by atoms with Crippen molar-refractivity contribution < 1.29 is 14.0 Å². The monoisotopic (exact) mass is 415 g/mol. The maximum atomic E-state index is 13.2. The summed E-state index contributed by atoms with van der Waals surface area (Å²) in [6, 6.07) is 12.3. The van der Waals surface area contributed by atoms with Gasteiger partial charge in [0.25, 0.3) is 11.8 Å². The van der Waals surface area contributed by atoms with Crippen molar-refractivity contribution in [1.29, 1.82) is 0 Å². The van der Waals surface area contributed by atoms with E-state index in [-0.39, 0.29) is 11.7 Å². The third-order valence-corrected chi connectivity index (χ3v) is 5.50. The van der Waals surface area contributed by atoms with Gasteiger partial charge in [0.15, 0.2) is 11.4 Å². The number of hydrogen-bond donors (Lipinski definition) is 2. The molecule has 156 valence electrons. The van der Waals surface area contributed by atoms with Crippen molar-refractivity contribution in [3.05, 3.63) is 65.2 Å². The predicted molar refractivity (Wildman–Crippen MR) is 116 cm³/mol. The molecule has 0 radical (unpaired) electrons. The number of nitrogens with one attached hydrogen (secondary N) is 1. The number of carbonyl (C=O) groups excluding carboxylic acids is 2. The molecule has 1 aliphatic rings. The Morgan fingerprint density at radius 3 is 2.55 bits per heavy atom. The normalized spacial score (nSPS) is 13.5. The van der Waals surface area contributed by atoms with Crippen molar-refractivity contribution in [1.82, 2.24) is 14.8 Å². The summed E-state index contributed by atoms with van der Waals surface area (Å²) in [6.07, 6.45) is 2.20. The number of furan rings is 1. The minimum Gasteiger partial charge on any atom is -0.451 e. The van der Waals surface area contributed by atoms with E-state index in [9.17, 15) is 9.59 Å². The molecular weight excluding hydrogens is 394 g/mol. The molecule has 3 N–H and O–H groups in total.